The summed E-state index contributed by atoms with van der Waals surface area (Å²) < 4.78 is 2.60. The van der Waals surface area contributed by atoms with Gasteiger partial charge in [-0.05, 0) is 41.0 Å². The Kier molecular flexibility index (Phi) is 4.22. The summed E-state index contributed by atoms with van der Waals surface area (Å²) in [5.74, 6) is 0.718. The average Bonchev–Trinajstić information content (AvgIpc) is 2.77. The number of hydrogen-bond donors (Lipinski definition) is 1. The van der Waals surface area contributed by atoms with Crippen LogP contribution in [0.1, 0.15) is 19.0 Å². The lowest BCUT2D eigenvalue weighted by Crippen LogP contribution is -2.15. The Bertz CT molecular complexity index is 465. The molecule has 1 N–H and O–H groups in total. The van der Waals surface area contributed by atoms with E-state index in [4.69, 9.17) is 0 Å². The van der Waals surface area contributed by atoms with Gasteiger partial charge >= 0.3 is 0 Å². The maximum atomic E-state index is 4.15. The fraction of sp³-hybridized carbons (Fsp3) is 0.364. The van der Waals surface area contributed by atoms with E-state index < -0.39 is 0 Å². The first kappa shape index (κ1) is 12.2. The van der Waals surface area contributed by atoms with Gasteiger partial charge in [0.05, 0.1) is 16.4 Å². The monoisotopic (exact) mass is 295 g/mol. The molecule has 2 heterocycles. The number of hydrogen-bond acceptors (Lipinski definition) is 4. The molecule has 2 aromatic heterocycles. The average molecular weight is 296 g/mol. The minimum atomic E-state index is 0.718. The molecule has 0 aliphatic rings. The lowest BCUT2D eigenvalue weighted by Gasteiger charge is -2.03. The van der Waals surface area contributed by atoms with Crippen molar-refractivity contribution in [3.8, 4) is 5.82 Å². The summed E-state index contributed by atoms with van der Waals surface area (Å²) in [5, 5.41) is 15.7. The largest absolute Gasteiger partial charge is 0.311 e. The second-order valence-electron chi connectivity index (χ2n) is 3.66. The molecule has 90 valence electrons. The van der Waals surface area contributed by atoms with E-state index >= 15 is 0 Å². The molecule has 0 atom stereocenters. The van der Waals surface area contributed by atoms with Gasteiger partial charge in [-0.3, -0.25) is 0 Å². The SMILES string of the molecule is CCCNCc1ccc(-n2cc(Br)cn2)nn1. The fourth-order valence-electron chi connectivity index (χ4n) is 1.39. The maximum Gasteiger partial charge on any atom is 0.175 e. The standard InChI is InChI=1S/C11H14BrN5/c1-2-5-13-7-10-3-4-11(16-15-10)17-8-9(12)6-14-17/h3-4,6,8,13H,2,5,7H2,1H3. The third-order valence-corrected chi connectivity index (χ3v) is 2.63. The van der Waals surface area contributed by atoms with Gasteiger partial charge in [0.2, 0.25) is 0 Å². The van der Waals surface area contributed by atoms with Crippen LogP contribution < -0.4 is 5.32 Å². The van der Waals surface area contributed by atoms with Crippen LogP contribution in [0, 0.1) is 0 Å². The number of aromatic nitrogens is 4. The molecule has 0 spiro atoms. The predicted molar refractivity (Wildman–Crippen MR) is 68.9 cm³/mol. The molecular weight excluding hydrogens is 282 g/mol. The Balaban J connectivity index is 2.02. The lowest BCUT2D eigenvalue weighted by molar-refractivity contribution is 0.653. The summed E-state index contributed by atoms with van der Waals surface area (Å²) in [5.41, 5.74) is 0.938. The smallest absolute Gasteiger partial charge is 0.175 e. The van der Waals surface area contributed by atoms with Crippen LogP contribution in [0.3, 0.4) is 0 Å². The van der Waals surface area contributed by atoms with Crippen molar-refractivity contribution in [1.29, 1.82) is 0 Å². The zero-order valence-electron chi connectivity index (χ0n) is 9.60. The van der Waals surface area contributed by atoms with Gasteiger partial charge < -0.3 is 5.32 Å². The normalized spacial score (nSPS) is 10.7. The van der Waals surface area contributed by atoms with Crippen LogP contribution in [0.25, 0.3) is 5.82 Å². The summed E-state index contributed by atoms with van der Waals surface area (Å²) in [7, 11) is 0. The van der Waals surface area contributed by atoms with E-state index in [0.29, 0.717) is 0 Å². The molecule has 17 heavy (non-hydrogen) atoms. The third kappa shape index (κ3) is 3.34. The second kappa shape index (κ2) is 5.88. The Morgan fingerprint density at radius 1 is 1.35 bits per heavy atom. The van der Waals surface area contributed by atoms with Gasteiger partial charge in [0.1, 0.15) is 0 Å². The quantitative estimate of drug-likeness (QED) is 0.857. The molecule has 0 fully saturated rings. The second-order valence-corrected chi connectivity index (χ2v) is 4.58. The molecule has 0 aliphatic carbocycles. The highest BCUT2D eigenvalue weighted by Gasteiger charge is 2.01. The molecule has 0 unspecified atom stereocenters. The molecule has 6 heteroatoms. The molecule has 0 saturated heterocycles. The molecule has 0 radical (unpaired) electrons. The molecule has 2 rings (SSSR count). The fourth-order valence-corrected chi connectivity index (χ4v) is 1.67. The van der Waals surface area contributed by atoms with E-state index in [1.807, 2.05) is 18.3 Å². The van der Waals surface area contributed by atoms with E-state index in [1.165, 1.54) is 0 Å². The minimum Gasteiger partial charge on any atom is -0.311 e. The van der Waals surface area contributed by atoms with Crippen LogP contribution in [0.2, 0.25) is 0 Å². The Hall–Kier alpha value is -1.27. The highest BCUT2D eigenvalue weighted by molar-refractivity contribution is 9.10. The number of rotatable bonds is 5. The zero-order valence-corrected chi connectivity index (χ0v) is 11.2. The first-order chi connectivity index (χ1) is 8.29. The summed E-state index contributed by atoms with van der Waals surface area (Å²) in [6.45, 7) is 3.89. The minimum absolute atomic E-state index is 0.718. The van der Waals surface area contributed by atoms with Crippen LogP contribution >= 0.6 is 15.9 Å². The predicted octanol–water partition coefficient (Wildman–Crippen LogP) is 1.92. The van der Waals surface area contributed by atoms with E-state index in [2.05, 4.69) is 43.5 Å². The number of nitrogens with one attached hydrogen (secondary N) is 1. The van der Waals surface area contributed by atoms with Gasteiger partial charge in [-0.1, -0.05) is 6.92 Å². The zero-order chi connectivity index (χ0) is 12.1. The van der Waals surface area contributed by atoms with Crippen LogP contribution in [-0.4, -0.2) is 26.5 Å². The van der Waals surface area contributed by atoms with Crippen molar-refractivity contribution in [3.63, 3.8) is 0 Å². The van der Waals surface area contributed by atoms with Crippen molar-refractivity contribution in [3.05, 3.63) is 34.7 Å². The van der Waals surface area contributed by atoms with E-state index in [0.717, 1.165) is 35.5 Å². The highest BCUT2D eigenvalue weighted by atomic mass is 79.9. The van der Waals surface area contributed by atoms with E-state index in [1.54, 1.807) is 10.9 Å². The summed E-state index contributed by atoms with van der Waals surface area (Å²) in [6, 6.07) is 3.87. The summed E-state index contributed by atoms with van der Waals surface area (Å²) in [6.07, 6.45) is 4.68. The summed E-state index contributed by atoms with van der Waals surface area (Å²) in [4.78, 5) is 0. The third-order valence-electron chi connectivity index (χ3n) is 2.22. The van der Waals surface area contributed by atoms with Gasteiger partial charge in [0.15, 0.2) is 5.82 Å². The van der Waals surface area contributed by atoms with Crippen LogP contribution in [0.15, 0.2) is 29.0 Å². The molecule has 0 aliphatic heterocycles. The van der Waals surface area contributed by atoms with Crippen molar-refractivity contribution in [1.82, 2.24) is 25.3 Å². The first-order valence-electron chi connectivity index (χ1n) is 5.53. The van der Waals surface area contributed by atoms with Crippen molar-refractivity contribution in [2.24, 2.45) is 0 Å². The molecule has 0 amide bonds. The van der Waals surface area contributed by atoms with Gasteiger partial charge in [-0.2, -0.15) is 10.2 Å². The van der Waals surface area contributed by atoms with Crippen molar-refractivity contribution in [2.75, 3.05) is 6.54 Å². The molecule has 0 saturated carbocycles. The van der Waals surface area contributed by atoms with Crippen LogP contribution in [0.4, 0.5) is 0 Å². The Morgan fingerprint density at radius 2 is 2.24 bits per heavy atom. The molecular formula is C11H14BrN5. The van der Waals surface area contributed by atoms with Gasteiger partial charge in [0.25, 0.3) is 0 Å². The highest BCUT2D eigenvalue weighted by Crippen LogP contribution is 2.10. The Morgan fingerprint density at radius 3 is 2.82 bits per heavy atom. The molecule has 0 aromatic carbocycles. The van der Waals surface area contributed by atoms with E-state index in [-0.39, 0.29) is 0 Å². The topological polar surface area (TPSA) is 55.6 Å². The maximum absolute atomic E-state index is 4.15. The van der Waals surface area contributed by atoms with Gasteiger partial charge in [0, 0.05) is 12.7 Å². The first-order valence-corrected chi connectivity index (χ1v) is 6.32. The van der Waals surface area contributed by atoms with E-state index in [9.17, 15) is 0 Å². The molecule has 2 aromatic rings. The van der Waals surface area contributed by atoms with Crippen LogP contribution in [-0.2, 0) is 6.54 Å². The molecule has 5 nitrogen and oxygen atoms in total. The summed E-state index contributed by atoms with van der Waals surface area (Å²) >= 11 is 3.34. The van der Waals surface area contributed by atoms with Crippen molar-refractivity contribution < 1.29 is 0 Å². The van der Waals surface area contributed by atoms with Crippen LogP contribution in [0.5, 0.6) is 0 Å². The van der Waals surface area contributed by atoms with Gasteiger partial charge in [-0.25, -0.2) is 4.68 Å². The van der Waals surface area contributed by atoms with Gasteiger partial charge in [-0.15, -0.1) is 5.10 Å². The lowest BCUT2D eigenvalue weighted by atomic mass is 10.3. The Labute approximate surface area is 108 Å². The number of halogens is 1. The number of nitrogens with zero attached hydrogens (tertiary/aromatic N) is 4. The molecule has 0 bridgehead atoms. The van der Waals surface area contributed by atoms with Crippen molar-refractivity contribution >= 4 is 15.9 Å². The van der Waals surface area contributed by atoms with Crippen molar-refractivity contribution in [2.45, 2.75) is 19.9 Å².